The van der Waals surface area contributed by atoms with Gasteiger partial charge in [-0.25, -0.2) is 0 Å². The molecule has 5 heteroatoms. The number of nitrogens with zero attached hydrogens (tertiary/aromatic N) is 1. The number of hydrogen-bond acceptors (Lipinski definition) is 3. The van der Waals surface area contributed by atoms with E-state index in [-0.39, 0.29) is 11.5 Å². The molecule has 0 saturated carbocycles. The minimum absolute atomic E-state index is 0.0447. The van der Waals surface area contributed by atoms with Crippen LogP contribution >= 0.6 is 15.9 Å². The van der Waals surface area contributed by atoms with Crippen LogP contribution in [0, 0.1) is 5.92 Å². The number of benzene rings is 1. The Morgan fingerprint density at radius 3 is 2.57 bits per heavy atom. The summed E-state index contributed by atoms with van der Waals surface area (Å²) in [5.41, 5.74) is 0.913. The van der Waals surface area contributed by atoms with E-state index in [1.165, 1.54) is 0 Å². The number of likely N-dealkylation sites (tertiary alicyclic amines) is 1. The Morgan fingerprint density at radius 1 is 1.38 bits per heavy atom. The molecule has 0 aliphatic carbocycles. The molecule has 4 nitrogen and oxygen atoms in total. The van der Waals surface area contributed by atoms with Crippen molar-refractivity contribution in [2.75, 3.05) is 20.2 Å². The van der Waals surface area contributed by atoms with Gasteiger partial charge in [-0.2, -0.15) is 0 Å². The maximum Gasteiger partial charge on any atom is 0.308 e. The molecule has 1 aromatic carbocycles. The Kier molecular flexibility index (Phi) is 4.63. The lowest BCUT2D eigenvalue weighted by Gasteiger charge is -2.31. The highest BCUT2D eigenvalue weighted by molar-refractivity contribution is 9.10. The van der Waals surface area contributed by atoms with E-state index in [0.717, 1.165) is 22.3 Å². The molecule has 116 valence electrons. The lowest BCUT2D eigenvalue weighted by molar-refractivity contribution is -0.141. The average molecular weight is 356 g/mol. The zero-order chi connectivity index (χ0) is 15.8. The first-order valence-electron chi connectivity index (χ1n) is 7.06. The normalized spacial score (nSPS) is 23.3. The molecule has 0 aromatic heterocycles. The summed E-state index contributed by atoms with van der Waals surface area (Å²) >= 11 is 3.55. The van der Waals surface area contributed by atoms with Crippen molar-refractivity contribution in [3.05, 3.63) is 28.2 Å². The van der Waals surface area contributed by atoms with Crippen LogP contribution in [0.15, 0.2) is 22.7 Å². The third kappa shape index (κ3) is 3.24. The molecule has 21 heavy (non-hydrogen) atoms. The zero-order valence-electron chi connectivity index (χ0n) is 12.9. The van der Waals surface area contributed by atoms with E-state index in [1.807, 2.05) is 18.2 Å². The van der Waals surface area contributed by atoms with Gasteiger partial charge in [0.2, 0.25) is 0 Å². The second-order valence-electron chi connectivity index (χ2n) is 6.48. The summed E-state index contributed by atoms with van der Waals surface area (Å²) in [6, 6.07) is 5.73. The summed E-state index contributed by atoms with van der Waals surface area (Å²) in [4.78, 5) is 13.9. The van der Waals surface area contributed by atoms with Gasteiger partial charge < -0.3 is 9.84 Å². The molecule has 1 saturated heterocycles. The molecule has 0 spiro atoms. The van der Waals surface area contributed by atoms with Gasteiger partial charge in [0.15, 0.2) is 0 Å². The Morgan fingerprint density at radius 2 is 2.05 bits per heavy atom. The minimum atomic E-state index is -0.746. The highest BCUT2D eigenvalue weighted by Crippen LogP contribution is 2.43. The first-order valence-corrected chi connectivity index (χ1v) is 7.85. The maximum absolute atomic E-state index is 11.7. The molecule has 1 aliphatic heterocycles. The summed E-state index contributed by atoms with van der Waals surface area (Å²) in [5.74, 6) is -0.495. The van der Waals surface area contributed by atoms with Crippen LogP contribution < -0.4 is 4.74 Å². The van der Waals surface area contributed by atoms with E-state index in [2.05, 4.69) is 41.6 Å². The zero-order valence-corrected chi connectivity index (χ0v) is 14.5. The number of rotatable bonds is 3. The Labute approximate surface area is 134 Å². The van der Waals surface area contributed by atoms with Crippen LogP contribution in [-0.4, -0.2) is 41.7 Å². The van der Waals surface area contributed by atoms with Crippen molar-refractivity contribution in [1.82, 2.24) is 4.90 Å². The number of carbonyl (C=O) groups is 1. The highest BCUT2D eigenvalue weighted by atomic mass is 79.9. The van der Waals surface area contributed by atoms with Gasteiger partial charge in [-0.15, -0.1) is 0 Å². The number of hydrogen-bond donors (Lipinski definition) is 1. The van der Waals surface area contributed by atoms with E-state index < -0.39 is 11.9 Å². The van der Waals surface area contributed by atoms with Crippen LogP contribution in [0.3, 0.4) is 0 Å². The molecular weight excluding hydrogens is 334 g/mol. The van der Waals surface area contributed by atoms with Crippen molar-refractivity contribution in [3.8, 4) is 5.75 Å². The summed E-state index contributed by atoms with van der Waals surface area (Å²) in [6.45, 7) is 7.64. The molecular formula is C16H22BrNO3. The molecule has 1 aliphatic rings. The summed E-state index contributed by atoms with van der Waals surface area (Å²) < 4.78 is 6.36. The summed E-state index contributed by atoms with van der Waals surface area (Å²) in [7, 11) is 1.62. The Bertz CT molecular complexity index is 539. The fourth-order valence-electron chi connectivity index (χ4n) is 2.95. The smallest absolute Gasteiger partial charge is 0.308 e. The lowest BCUT2D eigenvalue weighted by Crippen LogP contribution is -2.40. The van der Waals surface area contributed by atoms with E-state index >= 15 is 0 Å². The quantitative estimate of drug-likeness (QED) is 0.902. The number of ether oxygens (including phenoxy) is 1. The number of carboxylic acid groups (broad SMARTS) is 1. The Hall–Kier alpha value is -1.07. The van der Waals surface area contributed by atoms with Gasteiger partial charge in [0.1, 0.15) is 5.75 Å². The predicted octanol–water partition coefficient (Wildman–Crippen LogP) is 3.36. The van der Waals surface area contributed by atoms with Gasteiger partial charge in [-0.3, -0.25) is 9.69 Å². The number of aliphatic carboxylic acids is 1. The molecule has 0 unspecified atom stereocenters. The van der Waals surface area contributed by atoms with Crippen LogP contribution in [0.2, 0.25) is 0 Å². The summed E-state index contributed by atoms with van der Waals surface area (Å²) in [6.07, 6.45) is 0. The summed E-state index contributed by atoms with van der Waals surface area (Å²) in [5, 5.41) is 9.60. The SMILES string of the molecule is COc1cccc(Br)c1[C@H]1CN(C(C)(C)C)C[C@@H]1C(=O)O. The number of halogens is 1. The van der Waals surface area contributed by atoms with Crippen LogP contribution in [-0.2, 0) is 4.79 Å². The first kappa shape index (κ1) is 16.3. The molecule has 1 N–H and O–H groups in total. The van der Waals surface area contributed by atoms with Gasteiger partial charge in [-0.1, -0.05) is 22.0 Å². The number of carboxylic acids is 1. The van der Waals surface area contributed by atoms with Gasteiger partial charge in [-0.05, 0) is 32.9 Å². The predicted molar refractivity (Wildman–Crippen MR) is 85.9 cm³/mol. The molecule has 2 rings (SSSR count). The molecule has 0 radical (unpaired) electrons. The molecule has 1 heterocycles. The van der Waals surface area contributed by atoms with Crippen LogP contribution in [0.1, 0.15) is 32.3 Å². The van der Waals surface area contributed by atoms with Crippen molar-refractivity contribution in [2.24, 2.45) is 5.92 Å². The largest absolute Gasteiger partial charge is 0.496 e. The van der Waals surface area contributed by atoms with Crippen molar-refractivity contribution in [1.29, 1.82) is 0 Å². The monoisotopic (exact) mass is 355 g/mol. The van der Waals surface area contributed by atoms with E-state index in [1.54, 1.807) is 7.11 Å². The van der Waals surface area contributed by atoms with Crippen molar-refractivity contribution in [3.63, 3.8) is 0 Å². The third-order valence-electron chi connectivity index (χ3n) is 4.19. The minimum Gasteiger partial charge on any atom is -0.496 e. The molecule has 0 bridgehead atoms. The van der Waals surface area contributed by atoms with E-state index in [0.29, 0.717) is 6.54 Å². The van der Waals surface area contributed by atoms with Crippen LogP contribution in [0.5, 0.6) is 5.75 Å². The third-order valence-corrected chi connectivity index (χ3v) is 4.88. The Balaban J connectivity index is 2.44. The van der Waals surface area contributed by atoms with E-state index in [4.69, 9.17) is 4.74 Å². The fraction of sp³-hybridized carbons (Fsp3) is 0.562. The highest BCUT2D eigenvalue weighted by Gasteiger charge is 2.43. The lowest BCUT2D eigenvalue weighted by atomic mass is 9.88. The van der Waals surface area contributed by atoms with Crippen molar-refractivity contribution in [2.45, 2.75) is 32.2 Å². The van der Waals surface area contributed by atoms with Gasteiger partial charge in [0.25, 0.3) is 0 Å². The van der Waals surface area contributed by atoms with Crippen LogP contribution in [0.25, 0.3) is 0 Å². The fourth-order valence-corrected chi connectivity index (χ4v) is 3.59. The van der Waals surface area contributed by atoms with Crippen LogP contribution in [0.4, 0.5) is 0 Å². The first-order chi connectivity index (χ1) is 9.75. The standard InChI is InChI=1S/C16H22BrNO3/c1-16(2,3)18-8-10(11(9-18)15(19)20)14-12(17)6-5-7-13(14)21-4/h5-7,10-11H,8-9H2,1-4H3,(H,19,20)/t10-,11-/m0/s1. The molecule has 2 atom stereocenters. The second-order valence-corrected chi connectivity index (χ2v) is 7.34. The molecule has 1 fully saturated rings. The van der Waals surface area contributed by atoms with Gasteiger partial charge >= 0.3 is 5.97 Å². The second kappa shape index (κ2) is 5.97. The van der Waals surface area contributed by atoms with Crippen molar-refractivity contribution >= 4 is 21.9 Å². The average Bonchev–Trinajstić information content (AvgIpc) is 2.83. The number of methoxy groups -OCH3 is 1. The molecule has 1 aromatic rings. The molecule has 0 amide bonds. The van der Waals surface area contributed by atoms with Crippen molar-refractivity contribution < 1.29 is 14.6 Å². The van der Waals surface area contributed by atoms with Gasteiger partial charge in [0, 0.05) is 34.6 Å². The maximum atomic E-state index is 11.7. The topological polar surface area (TPSA) is 49.8 Å². The van der Waals surface area contributed by atoms with Gasteiger partial charge in [0.05, 0.1) is 13.0 Å². The van der Waals surface area contributed by atoms with E-state index in [9.17, 15) is 9.90 Å².